The molecule has 1 spiro atoms. The first kappa shape index (κ1) is 34.1. The number of ketones is 1. The normalized spacial score (nSPS) is 34.6. The Labute approximate surface area is 300 Å². The zero-order valence-corrected chi connectivity index (χ0v) is 29.6. The Balaban J connectivity index is 0.900. The molecule has 0 radical (unpaired) electrons. The molecule has 4 saturated carbocycles. The maximum atomic E-state index is 13.9. The summed E-state index contributed by atoms with van der Waals surface area (Å²) in [6, 6.07) is 10.7. The van der Waals surface area contributed by atoms with Crippen molar-refractivity contribution in [2.75, 3.05) is 11.9 Å². The molecule has 4 aliphatic carbocycles. The van der Waals surface area contributed by atoms with Crippen LogP contribution in [-0.2, 0) is 29.0 Å². The molecule has 52 heavy (non-hydrogen) atoms. The summed E-state index contributed by atoms with van der Waals surface area (Å²) in [5.41, 5.74) is 4.82. The molecule has 12 heteroatoms. The number of carbonyl (C=O) groups is 2. The molecule has 6 aliphatic rings. The Kier molecular flexibility index (Phi) is 7.62. The average Bonchev–Trinajstić information content (AvgIpc) is 3.88. The van der Waals surface area contributed by atoms with E-state index in [2.05, 4.69) is 40.6 Å². The first-order valence-electron chi connectivity index (χ1n) is 18.9. The van der Waals surface area contributed by atoms with Crippen LogP contribution in [0.2, 0.25) is 0 Å². The molecule has 2 aliphatic heterocycles. The van der Waals surface area contributed by atoms with Gasteiger partial charge in [0.05, 0.1) is 11.1 Å². The fourth-order valence-electron chi connectivity index (χ4n) is 11.8. The predicted molar refractivity (Wildman–Crippen MR) is 189 cm³/mol. The van der Waals surface area contributed by atoms with Crippen molar-refractivity contribution in [2.45, 2.75) is 102 Å². The van der Waals surface area contributed by atoms with Crippen molar-refractivity contribution in [2.24, 2.45) is 34.5 Å². The van der Waals surface area contributed by atoms with E-state index in [1.165, 1.54) is 18.6 Å². The van der Waals surface area contributed by atoms with Gasteiger partial charge in [-0.05, 0) is 116 Å². The van der Waals surface area contributed by atoms with Gasteiger partial charge >= 0.3 is 17.8 Å². The molecular formula is C40H46F3N5O4. The highest BCUT2D eigenvalue weighted by Gasteiger charge is 2.65. The lowest BCUT2D eigenvalue weighted by molar-refractivity contribution is -0.165. The van der Waals surface area contributed by atoms with Crippen LogP contribution >= 0.6 is 0 Å². The van der Waals surface area contributed by atoms with E-state index in [0.717, 1.165) is 74.4 Å². The molecule has 276 valence electrons. The zero-order valence-electron chi connectivity index (χ0n) is 29.6. The summed E-state index contributed by atoms with van der Waals surface area (Å²) in [7, 11) is 0. The maximum Gasteiger partial charge on any atom is 0.426 e. The molecule has 9 rings (SSSR count). The molecule has 9 nitrogen and oxygen atoms in total. The molecule has 2 amide bonds. The molecular weight excluding hydrogens is 671 g/mol. The SMILES string of the molecule is C[C@]12CC[C@]3(C[C@@H]1CC[C@@H]1[C@@H]2CC[C@]2(C)C(=O)CC[C@@H]12)NCCc1c3c(=O)oc2cc(NC(=O)NCc3ccc(C4(C(F)(F)F)NN4)cc3)ccc12. The summed E-state index contributed by atoms with van der Waals surface area (Å²) < 4.78 is 46.1. The zero-order chi connectivity index (χ0) is 36.3. The van der Waals surface area contributed by atoms with E-state index in [1.54, 1.807) is 18.2 Å². The van der Waals surface area contributed by atoms with Crippen molar-refractivity contribution in [1.29, 1.82) is 0 Å². The number of anilines is 1. The van der Waals surface area contributed by atoms with Gasteiger partial charge in [-0.15, -0.1) is 0 Å². The minimum absolute atomic E-state index is 0.0410. The molecule has 1 saturated heterocycles. The first-order chi connectivity index (χ1) is 24.8. The lowest BCUT2D eigenvalue weighted by Crippen LogP contribution is -2.60. The van der Waals surface area contributed by atoms with E-state index in [1.807, 2.05) is 12.1 Å². The van der Waals surface area contributed by atoms with E-state index in [0.29, 0.717) is 52.7 Å². The van der Waals surface area contributed by atoms with Crippen LogP contribution in [0.3, 0.4) is 0 Å². The number of hydrogen-bond acceptors (Lipinski definition) is 7. The second-order valence-corrected chi connectivity index (χ2v) is 17.0. The van der Waals surface area contributed by atoms with Crippen molar-refractivity contribution in [3.05, 3.63) is 75.1 Å². The highest BCUT2D eigenvalue weighted by molar-refractivity contribution is 5.93. The topological polar surface area (TPSA) is 144 Å². The van der Waals surface area contributed by atoms with E-state index >= 15 is 0 Å². The number of hydrogen-bond donors (Lipinski definition) is 5. The van der Waals surface area contributed by atoms with Gasteiger partial charge in [-0.1, -0.05) is 38.1 Å². The van der Waals surface area contributed by atoms with Crippen LogP contribution in [0.4, 0.5) is 23.7 Å². The van der Waals surface area contributed by atoms with Gasteiger partial charge in [0.2, 0.25) is 5.66 Å². The van der Waals surface area contributed by atoms with Crippen molar-refractivity contribution in [1.82, 2.24) is 21.5 Å². The number of hydrazine groups is 1. The van der Waals surface area contributed by atoms with Gasteiger partial charge in [0.15, 0.2) is 0 Å². The van der Waals surface area contributed by atoms with Crippen molar-refractivity contribution in [3.63, 3.8) is 0 Å². The molecule has 5 N–H and O–H groups in total. The summed E-state index contributed by atoms with van der Waals surface area (Å²) >= 11 is 0. The molecule has 3 heterocycles. The minimum atomic E-state index is -4.49. The van der Waals surface area contributed by atoms with E-state index in [-0.39, 0.29) is 28.6 Å². The molecule has 0 unspecified atom stereocenters. The van der Waals surface area contributed by atoms with Gasteiger partial charge in [0, 0.05) is 42.1 Å². The number of halogens is 3. The highest BCUT2D eigenvalue weighted by atomic mass is 19.4. The minimum Gasteiger partial charge on any atom is -0.422 e. The number of carbonyl (C=O) groups excluding carboxylic acids is 2. The standard InChI is InChI=1S/C40H46F3N5O4/c1-36-16-17-38(20-24(36)7-9-28-29-11-12-32(49)37(29,2)15-13-30(28)36)33-27(14-18-45-38)26-10-8-25(19-31(26)52-34(33)50)46-35(51)44-21-22-3-5-23(6-4-22)39(47-48-39)40(41,42)43/h3-6,8,10,19,24,28-30,45,47-48H,7,9,11-18,20-21H2,1-2H3,(H2,44,46,51)/t24-,28-,29-,30-,36-,37-,38+/m0/s1. The summed E-state index contributed by atoms with van der Waals surface area (Å²) in [6.45, 7) is 5.63. The Morgan fingerprint density at radius 3 is 2.48 bits per heavy atom. The molecule has 3 aromatic rings. The lowest BCUT2D eigenvalue weighted by Gasteiger charge is -2.62. The molecule has 2 aromatic carbocycles. The van der Waals surface area contributed by atoms with Crippen LogP contribution in [0.5, 0.6) is 0 Å². The van der Waals surface area contributed by atoms with Crippen molar-refractivity contribution in [3.8, 4) is 0 Å². The maximum absolute atomic E-state index is 13.9. The third-order valence-electron chi connectivity index (χ3n) is 14.7. The second-order valence-electron chi connectivity index (χ2n) is 17.0. The quantitative estimate of drug-likeness (QED) is 0.146. The van der Waals surface area contributed by atoms with Crippen molar-refractivity contribution < 1.29 is 27.2 Å². The molecule has 5 fully saturated rings. The molecule has 7 atom stereocenters. The Morgan fingerprint density at radius 2 is 1.73 bits per heavy atom. The van der Waals surface area contributed by atoms with E-state index in [4.69, 9.17) is 4.42 Å². The highest BCUT2D eigenvalue weighted by Crippen LogP contribution is 2.67. The third-order valence-corrected chi connectivity index (χ3v) is 14.7. The average molecular weight is 718 g/mol. The van der Waals surface area contributed by atoms with Gasteiger partial charge in [0.1, 0.15) is 11.4 Å². The number of rotatable bonds is 4. The van der Waals surface area contributed by atoms with Crippen molar-refractivity contribution >= 4 is 28.5 Å². The number of amides is 2. The van der Waals surface area contributed by atoms with E-state index in [9.17, 15) is 27.6 Å². The predicted octanol–water partition coefficient (Wildman–Crippen LogP) is 6.89. The summed E-state index contributed by atoms with van der Waals surface area (Å²) in [5.74, 6) is 2.73. The number of Topliss-reactive ketones (excluding diaryl/α,β-unsaturated/α-hetero) is 1. The third kappa shape index (κ3) is 5.03. The van der Waals surface area contributed by atoms with Crippen LogP contribution < -0.4 is 32.4 Å². The Bertz CT molecular complexity index is 2030. The number of benzene rings is 2. The fourth-order valence-corrected chi connectivity index (χ4v) is 11.8. The summed E-state index contributed by atoms with van der Waals surface area (Å²) in [5, 5.41) is 10.2. The van der Waals surface area contributed by atoms with Crippen LogP contribution in [0.25, 0.3) is 11.0 Å². The van der Waals surface area contributed by atoms with Gasteiger partial charge in [-0.3, -0.25) is 4.79 Å². The number of alkyl halides is 3. The number of nitrogens with one attached hydrogen (secondary N) is 5. The lowest BCUT2D eigenvalue weighted by atomic mass is 9.43. The Morgan fingerprint density at radius 1 is 0.942 bits per heavy atom. The molecule has 0 bridgehead atoms. The van der Waals surface area contributed by atoms with Crippen LogP contribution in [0.1, 0.15) is 93.9 Å². The van der Waals surface area contributed by atoms with Gasteiger partial charge in [-0.2, -0.15) is 13.2 Å². The fraction of sp³-hybridized carbons (Fsp3) is 0.575. The smallest absolute Gasteiger partial charge is 0.422 e. The van der Waals surface area contributed by atoms with Crippen LogP contribution in [0, 0.1) is 34.5 Å². The largest absolute Gasteiger partial charge is 0.426 e. The molecule has 1 aromatic heterocycles. The van der Waals surface area contributed by atoms with Gasteiger partial charge in [-0.25, -0.2) is 20.4 Å². The van der Waals surface area contributed by atoms with Crippen LogP contribution in [0.15, 0.2) is 51.7 Å². The Hall–Kier alpha value is -3.74. The van der Waals surface area contributed by atoms with Gasteiger partial charge in [0.25, 0.3) is 0 Å². The van der Waals surface area contributed by atoms with E-state index < -0.39 is 23.4 Å². The van der Waals surface area contributed by atoms with Gasteiger partial charge < -0.3 is 20.4 Å². The summed E-state index contributed by atoms with van der Waals surface area (Å²) in [4.78, 5) is 39.7. The number of urea groups is 1. The summed E-state index contributed by atoms with van der Waals surface area (Å²) in [6.07, 6.45) is 5.30. The second kappa shape index (κ2) is 11.6. The number of fused-ring (bicyclic) bond motifs is 9. The monoisotopic (exact) mass is 717 g/mol. The van der Waals surface area contributed by atoms with Crippen LogP contribution in [-0.4, -0.2) is 24.5 Å². The first-order valence-corrected chi connectivity index (χ1v) is 18.9.